The second kappa shape index (κ2) is 11.5. The van der Waals surface area contributed by atoms with Crippen molar-refractivity contribution in [2.24, 2.45) is 4.99 Å². The van der Waals surface area contributed by atoms with Crippen molar-refractivity contribution in [2.75, 3.05) is 20.8 Å². The molecule has 0 aliphatic carbocycles. The van der Waals surface area contributed by atoms with Gasteiger partial charge in [-0.05, 0) is 54.8 Å². The summed E-state index contributed by atoms with van der Waals surface area (Å²) in [6.45, 7) is 4.38. The molecular weight excluding hydrogens is 535 g/mol. The third-order valence-electron chi connectivity index (χ3n) is 5.93. The lowest BCUT2D eigenvalue weighted by molar-refractivity contribution is -0.136. The molecule has 37 heavy (non-hydrogen) atoms. The van der Waals surface area contributed by atoms with E-state index >= 15 is 0 Å². The molecule has 0 radical (unpaired) electrons. The van der Waals surface area contributed by atoms with E-state index < -0.39 is 12.0 Å². The summed E-state index contributed by atoms with van der Waals surface area (Å²) in [5, 5.41) is 0.813. The predicted molar refractivity (Wildman–Crippen MR) is 146 cm³/mol. The number of methoxy groups -OCH3 is 2. The first kappa shape index (κ1) is 27.0. The smallest absolute Gasteiger partial charge is 0.338 e. The summed E-state index contributed by atoms with van der Waals surface area (Å²) in [7, 11) is 2.86. The number of unbranched alkanes of at least 4 members (excludes halogenated alkanes) is 1. The number of hydrogen-bond acceptors (Lipinski definition) is 7. The molecule has 1 aromatic heterocycles. The number of benzene rings is 2. The largest absolute Gasteiger partial charge is 0.493 e. The topological polar surface area (TPSA) is 79.1 Å². The molecule has 1 aliphatic heterocycles. The van der Waals surface area contributed by atoms with Crippen molar-refractivity contribution in [3.63, 3.8) is 0 Å². The Kier molecular flexibility index (Phi) is 8.42. The van der Waals surface area contributed by atoms with Gasteiger partial charge in [-0.2, -0.15) is 0 Å². The molecule has 3 aromatic rings. The van der Waals surface area contributed by atoms with Crippen LogP contribution in [0.15, 0.2) is 57.5 Å². The number of halogens is 2. The Bertz CT molecular complexity index is 1560. The van der Waals surface area contributed by atoms with Crippen LogP contribution < -0.4 is 24.4 Å². The molecule has 0 bridgehead atoms. The van der Waals surface area contributed by atoms with Gasteiger partial charge in [-0.1, -0.05) is 60.0 Å². The van der Waals surface area contributed by atoms with Gasteiger partial charge in [0.15, 0.2) is 16.3 Å². The minimum Gasteiger partial charge on any atom is -0.493 e. The van der Waals surface area contributed by atoms with Crippen LogP contribution in [0.2, 0.25) is 10.0 Å². The van der Waals surface area contributed by atoms with Crippen molar-refractivity contribution in [1.82, 2.24) is 4.57 Å². The number of fused-ring (bicyclic) bond motifs is 1. The van der Waals surface area contributed by atoms with E-state index in [9.17, 15) is 9.59 Å². The maximum atomic E-state index is 13.7. The number of hydrogen-bond donors (Lipinski definition) is 0. The van der Waals surface area contributed by atoms with Gasteiger partial charge in [0.2, 0.25) is 0 Å². The van der Waals surface area contributed by atoms with E-state index in [1.807, 2.05) is 6.07 Å². The lowest BCUT2D eigenvalue weighted by Crippen LogP contribution is -2.39. The third-order valence-corrected chi connectivity index (χ3v) is 7.65. The molecule has 0 saturated carbocycles. The third kappa shape index (κ3) is 5.46. The summed E-state index contributed by atoms with van der Waals surface area (Å²) >= 11 is 13.4. The summed E-state index contributed by atoms with van der Waals surface area (Å²) in [6.07, 6.45) is 3.64. The number of aromatic nitrogens is 1. The van der Waals surface area contributed by atoms with E-state index in [2.05, 4.69) is 11.9 Å². The first-order valence-corrected chi connectivity index (χ1v) is 13.2. The highest BCUT2D eigenvalue weighted by Crippen LogP contribution is 2.36. The van der Waals surface area contributed by atoms with E-state index in [-0.39, 0.29) is 11.1 Å². The van der Waals surface area contributed by atoms with Gasteiger partial charge < -0.3 is 14.2 Å². The average Bonchev–Trinajstić information content (AvgIpc) is 3.19. The van der Waals surface area contributed by atoms with Crippen LogP contribution in [-0.4, -0.2) is 31.4 Å². The lowest BCUT2D eigenvalue weighted by Gasteiger charge is -2.25. The monoisotopic (exact) mass is 560 g/mol. The van der Waals surface area contributed by atoms with E-state index in [1.54, 1.807) is 50.4 Å². The predicted octanol–water partition coefficient (Wildman–Crippen LogP) is 4.90. The molecule has 1 unspecified atom stereocenters. The Morgan fingerprint density at radius 3 is 2.59 bits per heavy atom. The molecule has 0 N–H and O–H groups in total. The number of thiazole rings is 1. The molecule has 1 atom stereocenters. The fourth-order valence-electron chi connectivity index (χ4n) is 4.06. The normalized spacial score (nSPS) is 15.3. The van der Waals surface area contributed by atoms with Crippen molar-refractivity contribution in [1.29, 1.82) is 0 Å². The minimum absolute atomic E-state index is 0.276. The zero-order chi connectivity index (χ0) is 26.7. The molecular formula is C27H26Cl2N2O5S. The summed E-state index contributed by atoms with van der Waals surface area (Å²) in [4.78, 5) is 31.6. The van der Waals surface area contributed by atoms with Gasteiger partial charge >= 0.3 is 5.97 Å². The van der Waals surface area contributed by atoms with E-state index in [0.29, 0.717) is 48.7 Å². The number of rotatable bonds is 8. The Morgan fingerprint density at radius 1 is 1.14 bits per heavy atom. The number of carbonyl (C=O) groups excluding carboxylic acids is 1. The first-order chi connectivity index (χ1) is 17.8. The van der Waals surface area contributed by atoms with Crippen LogP contribution in [-0.2, 0) is 9.53 Å². The fourth-order valence-corrected chi connectivity index (χ4v) is 5.41. The summed E-state index contributed by atoms with van der Waals surface area (Å²) in [5.41, 5.74) is 1.84. The molecule has 0 amide bonds. The van der Waals surface area contributed by atoms with Crippen molar-refractivity contribution >= 4 is 46.6 Å². The van der Waals surface area contributed by atoms with E-state index in [1.165, 1.54) is 23.0 Å². The maximum absolute atomic E-state index is 13.7. The highest BCUT2D eigenvalue weighted by molar-refractivity contribution is 7.07. The second-order valence-corrected chi connectivity index (χ2v) is 10.2. The Hall–Kier alpha value is -3.07. The van der Waals surface area contributed by atoms with Crippen LogP contribution >= 0.6 is 34.5 Å². The Balaban J connectivity index is 1.89. The van der Waals surface area contributed by atoms with Crippen LogP contribution in [0.5, 0.6) is 11.5 Å². The molecule has 4 rings (SSSR count). The number of esters is 1. The van der Waals surface area contributed by atoms with Gasteiger partial charge in [-0.3, -0.25) is 9.36 Å². The number of carbonyl (C=O) groups is 1. The minimum atomic E-state index is -0.766. The SMILES string of the molecule is CCCCOc1ccc(C2C(C(=O)OC)=C(C)N=c3s/c(=C\c4ccc(Cl)c(Cl)c4)c(=O)n32)cc1OC. The Labute approximate surface area is 228 Å². The lowest BCUT2D eigenvalue weighted by atomic mass is 9.95. The number of ether oxygens (including phenoxy) is 3. The zero-order valence-corrected chi connectivity index (χ0v) is 23.2. The van der Waals surface area contributed by atoms with Gasteiger partial charge in [-0.15, -0.1) is 0 Å². The molecule has 2 heterocycles. The highest BCUT2D eigenvalue weighted by atomic mass is 35.5. The molecule has 0 fully saturated rings. The van der Waals surface area contributed by atoms with Crippen molar-refractivity contribution in [3.8, 4) is 11.5 Å². The van der Waals surface area contributed by atoms with E-state index in [0.717, 1.165) is 18.4 Å². The van der Waals surface area contributed by atoms with Crippen LogP contribution in [0.4, 0.5) is 0 Å². The van der Waals surface area contributed by atoms with Crippen molar-refractivity contribution < 1.29 is 19.0 Å². The van der Waals surface area contributed by atoms with Crippen LogP contribution in [0.1, 0.15) is 43.9 Å². The first-order valence-electron chi connectivity index (χ1n) is 11.7. The molecule has 1 aliphatic rings. The van der Waals surface area contributed by atoms with E-state index in [4.69, 9.17) is 37.4 Å². The quantitative estimate of drug-likeness (QED) is 0.289. The standard InChI is InChI=1S/C27H26Cl2N2O5S/c1-5-6-11-36-20-10-8-17(14-21(20)34-3)24-23(26(33)35-4)15(2)30-27-31(24)25(32)22(37-27)13-16-7-9-18(28)19(29)12-16/h7-10,12-14,24H,5-6,11H2,1-4H3/b22-13-. The summed E-state index contributed by atoms with van der Waals surface area (Å²) in [5.74, 6) is 0.532. The average molecular weight is 561 g/mol. The number of nitrogens with zero attached hydrogens (tertiary/aromatic N) is 2. The van der Waals surface area contributed by atoms with Gasteiger partial charge in [-0.25, -0.2) is 9.79 Å². The molecule has 10 heteroatoms. The molecule has 2 aromatic carbocycles. The highest BCUT2D eigenvalue weighted by Gasteiger charge is 2.33. The van der Waals surface area contributed by atoms with Crippen molar-refractivity contribution in [3.05, 3.63) is 88.5 Å². The number of allylic oxidation sites excluding steroid dienone is 1. The fraction of sp³-hybridized carbons (Fsp3) is 0.296. The van der Waals surface area contributed by atoms with Gasteiger partial charge in [0.25, 0.3) is 5.56 Å². The van der Waals surface area contributed by atoms with Gasteiger partial charge in [0, 0.05) is 0 Å². The summed E-state index contributed by atoms with van der Waals surface area (Å²) < 4.78 is 18.5. The molecule has 0 spiro atoms. The second-order valence-electron chi connectivity index (χ2n) is 8.36. The van der Waals surface area contributed by atoms with Crippen LogP contribution in [0.25, 0.3) is 6.08 Å². The van der Waals surface area contributed by atoms with Gasteiger partial charge in [0.1, 0.15) is 0 Å². The van der Waals surface area contributed by atoms with Crippen LogP contribution in [0.3, 0.4) is 0 Å². The zero-order valence-electron chi connectivity index (χ0n) is 20.8. The maximum Gasteiger partial charge on any atom is 0.338 e. The Morgan fingerprint density at radius 2 is 1.92 bits per heavy atom. The molecule has 7 nitrogen and oxygen atoms in total. The molecule has 0 saturated heterocycles. The van der Waals surface area contributed by atoms with Crippen molar-refractivity contribution in [2.45, 2.75) is 32.7 Å². The molecule has 194 valence electrons. The van der Waals surface area contributed by atoms with Gasteiger partial charge in [0.05, 0.1) is 52.7 Å². The van der Waals surface area contributed by atoms with Crippen LogP contribution in [0, 0.1) is 0 Å². The summed E-state index contributed by atoms with van der Waals surface area (Å²) in [6, 6.07) is 9.77.